The van der Waals surface area contributed by atoms with Gasteiger partial charge in [-0.05, 0) is 37.1 Å². The second-order valence-electron chi connectivity index (χ2n) is 3.96. The van der Waals surface area contributed by atoms with Crippen LogP contribution >= 0.6 is 15.9 Å². The number of amides is 1. The average molecular weight is 314 g/mol. The summed E-state index contributed by atoms with van der Waals surface area (Å²) in [7, 11) is 0. The van der Waals surface area contributed by atoms with Crippen LogP contribution in [0.4, 0.5) is 10.5 Å². The van der Waals surface area contributed by atoms with Crippen molar-refractivity contribution < 1.29 is 9.53 Å². The third-order valence-electron chi connectivity index (χ3n) is 2.78. The SMILES string of the molecule is CC.CCC1CN(c2ccc(Br)cc2C)C(=O)O1. The molecule has 0 N–H and O–H groups in total. The van der Waals surface area contributed by atoms with E-state index in [-0.39, 0.29) is 12.2 Å². The highest BCUT2D eigenvalue weighted by molar-refractivity contribution is 9.10. The molecule has 1 aromatic carbocycles. The van der Waals surface area contributed by atoms with Gasteiger partial charge < -0.3 is 4.74 Å². The van der Waals surface area contributed by atoms with Crippen LogP contribution in [0.5, 0.6) is 0 Å². The molecule has 0 radical (unpaired) electrons. The normalized spacial score (nSPS) is 18.2. The molecule has 0 bridgehead atoms. The minimum atomic E-state index is -0.239. The van der Waals surface area contributed by atoms with Gasteiger partial charge in [-0.2, -0.15) is 0 Å². The van der Waals surface area contributed by atoms with Crippen molar-refractivity contribution in [1.82, 2.24) is 0 Å². The quantitative estimate of drug-likeness (QED) is 0.803. The summed E-state index contributed by atoms with van der Waals surface area (Å²) in [6.45, 7) is 8.67. The Morgan fingerprint density at radius 2 is 2.11 bits per heavy atom. The van der Waals surface area contributed by atoms with Crippen LogP contribution in [-0.2, 0) is 4.74 Å². The van der Waals surface area contributed by atoms with Crippen molar-refractivity contribution >= 4 is 27.7 Å². The molecule has 1 aliphatic rings. The summed E-state index contributed by atoms with van der Waals surface area (Å²) in [6, 6.07) is 5.88. The first-order valence-corrected chi connectivity index (χ1v) is 7.15. The molecule has 2 rings (SSSR count). The Kier molecular flexibility index (Phi) is 5.66. The van der Waals surface area contributed by atoms with E-state index < -0.39 is 0 Å². The summed E-state index contributed by atoms with van der Waals surface area (Å²) in [5.74, 6) is 0. The average Bonchev–Trinajstić information content (AvgIpc) is 2.73. The highest BCUT2D eigenvalue weighted by Crippen LogP contribution is 2.28. The van der Waals surface area contributed by atoms with E-state index in [0.29, 0.717) is 6.54 Å². The summed E-state index contributed by atoms with van der Waals surface area (Å²) >= 11 is 3.41. The fourth-order valence-corrected chi connectivity index (χ4v) is 2.33. The molecular formula is C14H20BrNO2. The van der Waals surface area contributed by atoms with Crippen LogP contribution in [0, 0.1) is 6.92 Å². The molecule has 1 amide bonds. The predicted octanol–water partition coefficient (Wildman–Crippen LogP) is 4.52. The number of benzene rings is 1. The van der Waals surface area contributed by atoms with Crippen LogP contribution in [0.25, 0.3) is 0 Å². The Morgan fingerprint density at radius 1 is 1.44 bits per heavy atom. The predicted molar refractivity (Wildman–Crippen MR) is 78.1 cm³/mol. The number of aryl methyl sites for hydroxylation is 1. The molecule has 1 aliphatic heterocycles. The van der Waals surface area contributed by atoms with Gasteiger partial charge in [0.2, 0.25) is 0 Å². The Hall–Kier alpha value is -1.03. The first-order valence-electron chi connectivity index (χ1n) is 6.36. The van der Waals surface area contributed by atoms with Gasteiger partial charge in [0.05, 0.1) is 12.2 Å². The smallest absolute Gasteiger partial charge is 0.414 e. The minimum absolute atomic E-state index is 0.0237. The van der Waals surface area contributed by atoms with Crippen molar-refractivity contribution in [1.29, 1.82) is 0 Å². The number of rotatable bonds is 2. The topological polar surface area (TPSA) is 29.5 Å². The number of ether oxygens (including phenoxy) is 1. The van der Waals surface area contributed by atoms with Crippen molar-refractivity contribution in [2.45, 2.75) is 40.2 Å². The third-order valence-corrected chi connectivity index (χ3v) is 3.27. The number of carbonyl (C=O) groups excluding carboxylic acids is 1. The maximum Gasteiger partial charge on any atom is 0.414 e. The first kappa shape index (κ1) is 15.0. The van der Waals surface area contributed by atoms with E-state index >= 15 is 0 Å². The van der Waals surface area contributed by atoms with E-state index in [1.807, 2.05) is 45.9 Å². The number of hydrogen-bond donors (Lipinski definition) is 0. The Bertz CT molecular complexity index is 420. The van der Waals surface area contributed by atoms with Crippen LogP contribution in [0.1, 0.15) is 32.8 Å². The summed E-state index contributed by atoms with van der Waals surface area (Å²) in [5.41, 5.74) is 2.01. The van der Waals surface area contributed by atoms with E-state index in [4.69, 9.17) is 4.74 Å². The lowest BCUT2D eigenvalue weighted by molar-refractivity contribution is 0.139. The van der Waals surface area contributed by atoms with E-state index in [0.717, 1.165) is 22.1 Å². The molecule has 1 saturated heterocycles. The number of anilines is 1. The molecule has 1 atom stereocenters. The molecule has 4 heteroatoms. The second-order valence-corrected chi connectivity index (χ2v) is 4.87. The zero-order chi connectivity index (χ0) is 13.7. The Morgan fingerprint density at radius 3 is 2.61 bits per heavy atom. The number of carbonyl (C=O) groups is 1. The van der Waals surface area contributed by atoms with Crippen LogP contribution in [0.15, 0.2) is 22.7 Å². The van der Waals surface area contributed by atoms with Gasteiger partial charge in [0.1, 0.15) is 6.10 Å². The summed E-state index contributed by atoms with van der Waals surface area (Å²) in [5, 5.41) is 0. The lowest BCUT2D eigenvalue weighted by Gasteiger charge is -2.15. The molecule has 0 saturated carbocycles. The maximum atomic E-state index is 11.7. The molecule has 1 heterocycles. The first-order chi connectivity index (χ1) is 8.61. The van der Waals surface area contributed by atoms with E-state index in [9.17, 15) is 4.79 Å². The highest BCUT2D eigenvalue weighted by Gasteiger charge is 2.31. The molecule has 100 valence electrons. The number of cyclic esters (lactones) is 1. The van der Waals surface area contributed by atoms with Gasteiger partial charge in [-0.25, -0.2) is 4.79 Å². The fourth-order valence-electron chi connectivity index (χ4n) is 1.85. The van der Waals surface area contributed by atoms with Gasteiger partial charge in [-0.15, -0.1) is 0 Å². The third kappa shape index (κ3) is 3.25. The fraction of sp³-hybridized carbons (Fsp3) is 0.500. The van der Waals surface area contributed by atoms with Crippen LogP contribution in [0.3, 0.4) is 0 Å². The molecule has 18 heavy (non-hydrogen) atoms. The van der Waals surface area contributed by atoms with Crippen LogP contribution in [0.2, 0.25) is 0 Å². The molecular weight excluding hydrogens is 294 g/mol. The molecule has 1 fully saturated rings. The van der Waals surface area contributed by atoms with Gasteiger partial charge in [0.15, 0.2) is 0 Å². The van der Waals surface area contributed by atoms with Crippen molar-refractivity contribution in [3.63, 3.8) is 0 Å². The Labute approximate surface area is 117 Å². The van der Waals surface area contributed by atoms with Gasteiger partial charge >= 0.3 is 6.09 Å². The van der Waals surface area contributed by atoms with Crippen LogP contribution in [-0.4, -0.2) is 18.7 Å². The highest BCUT2D eigenvalue weighted by atomic mass is 79.9. The van der Waals surface area contributed by atoms with Gasteiger partial charge in [0, 0.05) is 4.47 Å². The minimum Gasteiger partial charge on any atom is -0.444 e. The monoisotopic (exact) mass is 313 g/mol. The van der Waals surface area contributed by atoms with E-state index in [2.05, 4.69) is 15.9 Å². The molecule has 0 aliphatic carbocycles. The lowest BCUT2D eigenvalue weighted by Crippen LogP contribution is -2.25. The van der Waals surface area contributed by atoms with Crippen molar-refractivity contribution in [2.24, 2.45) is 0 Å². The van der Waals surface area contributed by atoms with Crippen LogP contribution < -0.4 is 4.90 Å². The van der Waals surface area contributed by atoms with Gasteiger partial charge in [-0.3, -0.25) is 4.90 Å². The zero-order valence-electron chi connectivity index (χ0n) is 11.4. The van der Waals surface area contributed by atoms with Crippen molar-refractivity contribution in [3.8, 4) is 0 Å². The molecule has 1 unspecified atom stereocenters. The lowest BCUT2D eigenvalue weighted by atomic mass is 10.2. The number of hydrogen-bond acceptors (Lipinski definition) is 2. The summed E-state index contributed by atoms with van der Waals surface area (Å²) in [6.07, 6.45) is 0.644. The van der Waals surface area contributed by atoms with Crippen molar-refractivity contribution in [2.75, 3.05) is 11.4 Å². The Balaban J connectivity index is 0.000000771. The summed E-state index contributed by atoms with van der Waals surface area (Å²) in [4.78, 5) is 13.4. The molecule has 0 aromatic heterocycles. The van der Waals surface area contributed by atoms with E-state index in [1.54, 1.807) is 4.90 Å². The molecule has 1 aromatic rings. The second kappa shape index (κ2) is 6.78. The standard InChI is InChI=1S/C12H14BrNO2.C2H6/c1-3-10-7-14(12(15)16-10)11-5-4-9(13)6-8(11)2;1-2/h4-6,10H,3,7H2,1-2H3;1-2H3. The largest absolute Gasteiger partial charge is 0.444 e. The van der Waals surface area contributed by atoms with Gasteiger partial charge in [0.25, 0.3) is 0 Å². The number of halogens is 1. The van der Waals surface area contributed by atoms with Gasteiger partial charge in [-0.1, -0.05) is 36.7 Å². The van der Waals surface area contributed by atoms with E-state index in [1.165, 1.54) is 0 Å². The summed E-state index contributed by atoms with van der Waals surface area (Å²) < 4.78 is 6.26. The number of nitrogens with zero attached hydrogens (tertiary/aromatic N) is 1. The zero-order valence-corrected chi connectivity index (χ0v) is 13.0. The molecule has 0 spiro atoms. The maximum absolute atomic E-state index is 11.7. The molecule has 3 nitrogen and oxygen atoms in total. The van der Waals surface area contributed by atoms with Crippen molar-refractivity contribution in [3.05, 3.63) is 28.2 Å².